The second-order valence-corrected chi connectivity index (χ2v) is 7.18. The van der Waals surface area contributed by atoms with Crippen LogP contribution in [0.5, 0.6) is 0 Å². The van der Waals surface area contributed by atoms with E-state index in [9.17, 15) is 4.79 Å². The van der Waals surface area contributed by atoms with Crippen LogP contribution in [-0.4, -0.2) is 51.4 Å². The van der Waals surface area contributed by atoms with E-state index in [0.717, 1.165) is 43.3 Å². The van der Waals surface area contributed by atoms with Crippen molar-refractivity contribution >= 4 is 11.7 Å². The van der Waals surface area contributed by atoms with Gasteiger partial charge in [0.25, 0.3) is 0 Å². The summed E-state index contributed by atoms with van der Waals surface area (Å²) < 4.78 is 0. The first kappa shape index (κ1) is 15.2. The summed E-state index contributed by atoms with van der Waals surface area (Å²) in [6, 6.07) is 4.37. The first-order valence-corrected chi connectivity index (χ1v) is 8.57. The van der Waals surface area contributed by atoms with Crippen molar-refractivity contribution in [3.05, 3.63) is 42.1 Å². The van der Waals surface area contributed by atoms with E-state index in [4.69, 9.17) is 0 Å². The molecule has 1 N–H and O–H groups in total. The maximum atomic E-state index is 12.5. The predicted molar refractivity (Wildman–Crippen MR) is 91.9 cm³/mol. The van der Waals surface area contributed by atoms with Crippen molar-refractivity contribution in [2.75, 3.05) is 24.5 Å². The van der Waals surface area contributed by atoms with Gasteiger partial charge in [-0.05, 0) is 32.4 Å². The Morgan fingerprint density at radius 2 is 2.08 bits per heavy atom. The summed E-state index contributed by atoms with van der Waals surface area (Å²) in [5.41, 5.74) is 2.14. The number of likely N-dealkylation sites (tertiary alicyclic amines) is 1. The van der Waals surface area contributed by atoms with Gasteiger partial charge in [-0.2, -0.15) is 0 Å². The number of hydrogen-bond donors (Lipinski definition) is 1. The third kappa shape index (κ3) is 2.37. The Morgan fingerprint density at radius 1 is 1.29 bits per heavy atom. The number of H-pyrrole nitrogens is 1. The molecule has 4 rings (SSSR count). The fourth-order valence-electron chi connectivity index (χ4n) is 3.85. The van der Waals surface area contributed by atoms with Crippen LogP contribution in [0.3, 0.4) is 0 Å². The Kier molecular flexibility index (Phi) is 3.55. The number of aromatic amines is 1. The average molecular weight is 325 g/mol. The molecule has 1 amide bonds. The molecule has 0 bridgehead atoms. The lowest BCUT2D eigenvalue weighted by molar-refractivity contribution is -0.138. The number of aryl methyl sites for hydroxylation is 1. The number of amides is 1. The molecule has 4 heterocycles. The molecule has 0 aromatic carbocycles. The molecule has 2 aromatic rings. The maximum Gasteiger partial charge on any atom is 0.223 e. The molecule has 2 aliphatic rings. The lowest BCUT2D eigenvalue weighted by Gasteiger charge is -2.48. The molecular weight excluding hydrogens is 302 g/mol. The van der Waals surface area contributed by atoms with E-state index < -0.39 is 0 Å². The monoisotopic (exact) mass is 325 g/mol. The minimum atomic E-state index is -0.0318. The number of carbonyl (C=O) groups is 1. The van der Waals surface area contributed by atoms with Gasteiger partial charge in [-0.15, -0.1) is 0 Å². The van der Waals surface area contributed by atoms with Crippen molar-refractivity contribution < 1.29 is 4.79 Å². The number of nitrogens with zero attached hydrogens (tertiary/aromatic N) is 4. The van der Waals surface area contributed by atoms with Gasteiger partial charge in [0.1, 0.15) is 0 Å². The molecular formula is C18H23N5O. The lowest BCUT2D eigenvalue weighted by Crippen LogP contribution is -2.63. The number of fused-ring (bicyclic) bond motifs is 2. The zero-order valence-corrected chi connectivity index (χ0v) is 14.2. The van der Waals surface area contributed by atoms with Gasteiger partial charge in [-0.1, -0.05) is 0 Å². The molecule has 0 saturated carbocycles. The highest BCUT2D eigenvalue weighted by Gasteiger charge is 2.54. The molecule has 2 aromatic heterocycles. The molecule has 0 radical (unpaired) electrons. The minimum Gasteiger partial charge on any atom is -0.365 e. The first-order chi connectivity index (χ1) is 11.6. The van der Waals surface area contributed by atoms with Crippen LogP contribution in [0.2, 0.25) is 0 Å². The summed E-state index contributed by atoms with van der Waals surface area (Å²) in [5.74, 6) is 1.22. The fourth-order valence-corrected chi connectivity index (χ4v) is 3.85. The Bertz CT molecular complexity index is 734. The van der Waals surface area contributed by atoms with Gasteiger partial charge in [0.2, 0.25) is 5.91 Å². The second kappa shape index (κ2) is 5.61. The Balaban J connectivity index is 1.43. The first-order valence-electron chi connectivity index (χ1n) is 8.57. The van der Waals surface area contributed by atoms with Gasteiger partial charge in [0.15, 0.2) is 5.82 Å². The Morgan fingerprint density at radius 3 is 2.79 bits per heavy atom. The van der Waals surface area contributed by atoms with Crippen LogP contribution in [0.25, 0.3) is 0 Å². The van der Waals surface area contributed by atoms with Crippen LogP contribution in [0.4, 0.5) is 5.82 Å². The number of hydrogen-bond acceptors (Lipinski definition) is 4. The van der Waals surface area contributed by atoms with E-state index in [1.165, 1.54) is 0 Å². The van der Waals surface area contributed by atoms with Crippen LogP contribution in [-0.2, 0) is 16.6 Å². The Labute approximate surface area is 141 Å². The molecule has 1 saturated heterocycles. The van der Waals surface area contributed by atoms with E-state index in [1.54, 1.807) is 12.4 Å². The fraction of sp³-hybridized carbons (Fsp3) is 0.500. The SMILES string of the molecule is CC(C)N1CC2(CN(C(=O)CCc3ccc[nH]3)C2)c2nccnc21. The highest BCUT2D eigenvalue weighted by molar-refractivity contribution is 5.78. The quantitative estimate of drug-likeness (QED) is 0.930. The van der Waals surface area contributed by atoms with E-state index in [1.807, 2.05) is 23.2 Å². The molecule has 6 heteroatoms. The summed E-state index contributed by atoms with van der Waals surface area (Å²) in [7, 11) is 0. The van der Waals surface area contributed by atoms with Gasteiger partial charge < -0.3 is 14.8 Å². The highest BCUT2D eigenvalue weighted by atomic mass is 16.2. The van der Waals surface area contributed by atoms with Gasteiger partial charge in [-0.3, -0.25) is 9.78 Å². The smallest absolute Gasteiger partial charge is 0.223 e. The summed E-state index contributed by atoms with van der Waals surface area (Å²) in [6.07, 6.45) is 6.74. The second-order valence-electron chi connectivity index (χ2n) is 7.18. The van der Waals surface area contributed by atoms with Crippen molar-refractivity contribution in [3.8, 4) is 0 Å². The molecule has 6 nitrogen and oxygen atoms in total. The molecule has 2 aliphatic heterocycles. The summed E-state index contributed by atoms with van der Waals surface area (Å²) in [6.45, 7) is 6.77. The van der Waals surface area contributed by atoms with Crippen molar-refractivity contribution in [2.24, 2.45) is 0 Å². The van der Waals surface area contributed by atoms with E-state index in [2.05, 4.69) is 33.7 Å². The number of anilines is 1. The summed E-state index contributed by atoms with van der Waals surface area (Å²) >= 11 is 0. The third-order valence-corrected chi connectivity index (χ3v) is 5.16. The van der Waals surface area contributed by atoms with Crippen LogP contribution < -0.4 is 4.90 Å². The topological polar surface area (TPSA) is 65.1 Å². The molecule has 0 atom stereocenters. The summed E-state index contributed by atoms with van der Waals surface area (Å²) in [5, 5.41) is 0. The van der Waals surface area contributed by atoms with Crippen LogP contribution in [0.1, 0.15) is 31.7 Å². The van der Waals surface area contributed by atoms with Crippen molar-refractivity contribution in [3.63, 3.8) is 0 Å². The summed E-state index contributed by atoms with van der Waals surface area (Å²) in [4.78, 5) is 29.0. The zero-order valence-electron chi connectivity index (χ0n) is 14.2. The number of rotatable bonds is 4. The molecule has 126 valence electrons. The lowest BCUT2D eigenvalue weighted by atomic mass is 9.78. The van der Waals surface area contributed by atoms with Gasteiger partial charge in [0, 0.05) is 56.4 Å². The van der Waals surface area contributed by atoms with Crippen LogP contribution in [0.15, 0.2) is 30.7 Å². The van der Waals surface area contributed by atoms with Gasteiger partial charge >= 0.3 is 0 Å². The third-order valence-electron chi connectivity index (χ3n) is 5.16. The van der Waals surface area contributed by atoms with Crippen molar-refractivity contribution in [1.82, 2.24) is 19.9 Å². The predicted octanol–water partition coefficient (Wildman–Crippen LogP) is 1.75. The number of nitrogens with one attached hydrogen (secondary N) is 1. The molecule has 0 unspecified atom stereocenters. The standard InChI is InChI=1S/C18H23N5O/c1-13(2)23-12-18(16-17(23)21-9-8-20-16)10-22(11-18)15(24)6-5-14-4-3-7-19-14/h3-4,7-9,13,19H,5-6,10-12H2,1-2H3. The van der Waals surface area contributed by atoms with Crippen LogP contribution in [0, 0.1) is 0 Å². The number of carbonyl (C=O) groups excluding carboxylic acids is 1. The van der Waals surface area contributed by atoms with Crippen LogP contribution >= 0.6 is 0 Å². The molecule has 24 heavy (non-hydrogen) atoms. The van der Waals surface area contributed by atoms with E-state index >= 15 is 0 Å². The van der Waals surface area contributed by atoms with Gasteiger partial charge in [-0.25, -0.2) is 4.98 Å². The van der Waals surface area contributed by atoms with Crippen molar-refractivity contribution in [1.29, 1.82) is 0 Å². The largest absolute Gasteiger partial charge is 0.365 e. The van der Waals surface area contributed by atoms with E-state index in [0.29, 0.717) is 12.5 Å². The molecule has 0 aliphatic carbocycles. The molecule has 1 spiro atoms. The molecule has 1 fully saturated rings. The normalized spacial score (nSPS) is 18.1. The number of aromatic nitrogens is 3. The Hall–Kier alpha value is -2.37. The van der Waals surface area contributed by atoms with Gasteiger partial charge in [0.05, 0.1) is 11.1 Å². The van der Waals surface area contributed by atoms with Crippen molar-refractivity contribution in [2.45, 2.75) is 38.1 Å². The zero-order chi connectivity index (χ0) is 16.7. The van der Waals surface area contributed by atoms with E-state index in [-0.39, 0.29) is 11.3 Å². The maximum absolute atomic E-state index is 12.5. The average Bonchev–Trinajstić information content (AvgIpc) is 3.17. The minimum absolute atomic E-state index is 0.0318. The highest BCUT2D eigenvalue weighted by Crippen LogP contribution is 2.44.